The smallest absolute Gasteiger partial charge is 0.107 e. The summed E-state index contributed by atoms with van der Waals surface area (Å²) in [5.41, 5.74) is 0. The molecule has 0 atom stereocenters. The molecule has 0 N–H and O–H groups in total. The van der Waals surface area contributed by atoms with Crippen LogP contribution >= 0.6 is 55.4 Å². The summed E-state index contributed by atoms with van der Waals surface area (Å²) in [6, 6.07) is 11.8. The number of halogens is 2. The lowest BCUT2D eigenvalue weighted by Crippen LogP contribution is -2.01. The fourth-order valence-electron chi connectivity index (χ4n) is 1.45. The van der Waals surface area contributed by atoms with Crippen molar-refractivity contribution in [1.82, 2.24) is 9.97 Å². The number of rotatable bonds is 8. The van der Waals surface area contributed by atoms with Crippen LogP contribution in [0.15, 0.2) is 55.7 Å². The first kappa shape index (κ1) is 17.3. The van der Waals surface area contributed by atoms with Gasteiger partial charge in [-0.25, -0.2) is 9.97 Å². The second-order valence-corrected chi connectivity index (χ2v) is 7.76. The molecule has 0 radical (unpaired) electrons. The van der Waals surface area contributed by atoms with Crippen molar-refractivity contribution in [3.63, 3.8) is 0 Å². The highest BCUT2D eigenvalue weighted by molar-refractivity contribution is 9.10. The van der Waals surface area contributed by atoms with E-state index in [9.17, 15) is 0 Å². The van der Waals surface area contributed by atoms with Crippen LogP contribution < -0.4 is 0 Å². The molecule has 112 valence electrons. The van der Waals surface area contributed by atoms with E-state index >= 15 is 0 Å². The Balaban J connectivity index is 1.54. The molecular formula is C14H14Br2N2OS2. The molecule has 21 heavy (non-hydrogen) atoms. The van der Waals surface area contributed by atoms with Gasteiger partial charge in [-0.3, -0.25) is 0 Å². The van der Waals surface area contributed by atoms with Crippen LogP contribution in [0.5, 0.6) is 0 Å². The maximum absolute atomic E-state index is 5.62. The summed E-state index contributed by atoms with van der Waals surface area (Å²) in [5.74, 6) is 1.81. The van der Waals surface area contributed by atoms with Crippen LogP contribution in [0.1, 0.15) is 0 Å². The molecule has 0 aliphatic rings. The molecule has 0 saturated carbocycles. The van der Waals surface area contributed by atoms with E-state index in [0.717, 1.165) is 44.0 Å². The van der Waals surface area contributed by atoms with Crippen LogP contribution in [0.4, 0.5) is 0 Å². The Morgan fingerprint density at radius 3 is 1.71 bits per heavy atom. The monoisotopic (exact) mass is 448 g/mol. The molecule has 0 saturated heterocycles. The zero-order chi connectivity index (χ0) is 14.9. The van der Waals surface area contributed by atoms with E-state index < -0.39 is 0 Å². The van der Waals surface area contributed by atoms with Crippen LogP contribution in [0.25, 0.3) is 0 Å². The minimum Gasteiger partial charge on any atom is -0.380 e. The summed E-state index contributed by atoms with van der Waals surface area (Å²) >= 11 is 10.1. The highest BCUT2D eigenvalue weighted by atomic mass is 79.9. The van der Waals surface area contributed by atoms with Crippen LogP contribution in [-0.4, -0.2) is 34.7 Å². The third-order valence-corrected chi connectivity index (χ3v) is 5.01. The predicted molar refractivity (Wildman–Crippen MR) is 96.1 cm³/mol. The molecule has 0 fully saturated rings. The average molecular weight is 450 g/mol. The van der Waals surface area contributed by atoms with Crippen molar-refractivity contribution >= 4 is 55.4 Å². The number of nitrogens with zero attached hydrogens (tertiary/aromatic N) is 2. The molecule has 0 bridgehead atoms. The number of hydrogen-bond acceptors (Lipinski definition) is 5. The summed E-state index contributed by atoms with van der Waals surface area (Å²) in [5, 5.41) is 2.03. The van der Waals surface area contributed by atoms with Crippen molar-refractivity contribution in [3.8, 4) is 0 Å². The second kappa shape index (κ2) is 9.84. The highest BCUT2D eigenvalue weighted by Gasteiger charge is 1.99. The van der Waals surface area contributed by atoms with E-state index in [1.54, 1.807) is 23.5 Å². The molecule has 0 spiro atoms. The Labute approximate surface area is 149 Å². The van der Waals surface area contributed by atoms with Gasteiger partial charge < -0.3 is 4.74 Å². The third-order valence-electron chi connectivity index (χ3n) is 2.33. The van der Waals surface area contributed by atoms with E-state index in [4.69, 9.17) is 4.74 Å². The Hall–Kier alpha value is -0.0800. The molecular weight excluding hydrogens is 436 g/mol. The summed E-state index contributed by atoms with van der Waals surface area (Å²) in [7, 11) is 0. The van der Waals surface area contributed by atoms with Crippen LogP contribution in [0.2, 0.25) is 0 Å². The van der Waals surface area contributed by atoms with E-state index in [1.807, 2.05) is 36.4 Å². The van der Waals surface area contributed by atoms with Gasteiger partial charge in [-0.05, 0) is 56.1 Å². The number of ether oxygens (including phenoxy) is 1. The summed E-state index contributed by atoms with van der Waals surface area (Å²) in [4.78, 5) is 8.72. The van der Waals surface area contributed by atoms with Gasteiger partial charge in [0.1, 0.15) is 9.21 Å². The molecule has 0 aromatic carbocycles. The summed E-state index contributed by atoms with van der Waals surface area (Å²) in [6.07, 6.45) is 0. The molecule has 2 aromatic heterocycles. The molecule has 2 rings (SSSR count). The SMILES string of the molecule is Brc1cccc(SCCOCCSc2cccc(Br)n2)n1. The van der Waals surface area contributed by atoms with Gasteiger partial charge in [0.2, 0.25) is 0 Å². The van der Waals surface area contributed by atoms with Crippen molar-refractivity contribution in [2.24, 2.45) is 0 Å². The maximum atomic E-state index is 5.62. The molecule has 2 heterocycles. The average Bonchev–Trinajstić information content (AvgIpc) is 2.46. The third kappa shape index (κ3) is 7.15. The Bertz CT molecular complexity index is 523. The molecule has 7 heteroatoms. The van der Waals surface area contributed by atoms with Gasteiger partial charge in [-0.15, -0.1) is 23.5 Å². The zero-order valence-electron chi connectivity index (χ0n) is 11.2. The predicted octanol–water partition coefficient (Wildman–Crippen LogP) is 4.90. The van der Waals surface area contributed by atoms with Crippen LogP contribution in [0, 0.1) is 0 Å². The Morgan fingerprint density at radius 2 is 1.29 bits per heavy atom. The lowest BCUT2D eigenvalue weighted by atomic mass is 10.5. The van der Waals surface area contributed by atoms with Crippen molar-refractivity contribution in [3.05, 3.63) is 45.6 Å². The summed E-state index contributed by atoms with van der Waals surface area (Å²) < 4.78 is 7.35. The van der Waals surface area contributed by atoms with Crippen molar-refractivity contribution in [2.45, 2.75) is 10.1 Å². The molecule has 3 nitrogen and oxygen atoms in total. The molecule has 0 aliphatic carbocycles. The van der Waals surface area contributed by atoms with Crippen LogP contribution in [0.3, 0.4) is 0 Å². The van der Waals surface area contributed by atoms with E-state index in [-0.39, 0.29) is 0 Å². The fraction of sp³-hybridized carbons (Fsp3) is 0.286. The van der Waals surface area contributed by atoms with E-state index in [0.29, 0.717) is 0 Å². The zero-order valence-corrected chi connectivity index (χ0v) is 16.0. The Morgan fingerprint density at radius 1 is 0.810 bits per heavy atom. The minimum atomic E-state index is 0.728. The number of aromatic nitrogens is 2. The highest BCUT2D eigenvalue weighted by Crippen LogP contribution is 2.19. The van der Waals surface area contributed by atoms with Crippen LogP contribution in [-0.2, 0) is 4.74 Å². The van der Waals surface area contributed by atoms with Crippen molar-refractivity contribution in [1.29, 1.82) is 0 Å². The van der Waals surface area contributed by atoms with E-state index in [2.05, 4.69) is 41.8 Å². The van der Waals surface area contributed by atoms with Gasteiger partial charge in [0.05, 0.1) is 23.3 Å². The molecule has 0 unspecified atom stereocenters. The largest absolute Gasteiger partial charge is 0.380 e. The quantitative estimate of drug-likeness (QED) is 0.325. The van der Waals surface area contributed by atoms with Crippen molar-refractivity contribution in [2.75, 3.05) is 24.7 Å². The normalized spacial score (nSPS) is 10.8. The molecule has 2 aromatic rings. The molecule has 0 aliphatic heterocycles. The number of hydrogen-bond donors (Lipinski definition) is 0. The van der Waals surface area contributed by atoms with E-state index in [1.165, 1.54) is 0 Å². The number of thioether (sulfide) groups is 2. The van der Waals surface area contributed by atoms with Crippen molar-refractivity contribution < 1.29 is 4.74 Å². The molecule has 0 amide bonds. The van der Waals surface area contributed by atoms with Gasteiger partial charge in [0.15, 0.2) is 0 Å². The number of pyridine rings is 2. The van der Waals surface area contributed by atoms with Gasteiger partial charge in [-0.1, -0.05) is 12.1 Å². The van der Waals surface area contributed by atoms with Gasteiger partial charge in [-0.2, -0.15) is 0 Å². The van der Waals surface area contributed by atoms with Gasteiger partial charge >= 0.3 is 0 Å². The Kier molecular flexibility index (Phi) is 8.10. The topological polar surface area (TPSA) is 35.0 Å². The fourth-order valence-corrected chi connectivity index (χ4v) is 3.87. The van der Waals surface area contributed by atoms with Gasteiger partial charge in [0, 0.05) is 11.5 Å². The first-order chi connectivity index (χ1) is 10.2. The lowest BCUT2D eigenvalue weighted by Gasteiger charge is -2.04. The second-order valence-electron chi connectivity index (χ2n) is 3.91. The first-order valence-corrected chi connectivity index (χ1v) is 9.88. The standard InChI is InChI=1S/C14H14Br2N2OS2/c15-11-3-1-5-13(17-11)20-9-7-19-8-10-21-14-6-2-4-12(16)18-14/h1-6H,7-10H2. The minimum absolute atomic E-state index is 0.728. The summed E-state index contributed by atoms with van der Waals surface area (Å²) in [6.45, 7) is 1.46. The maximum Gasteiger partial charge on any atom is 0.107 e. The van der Waals surface area contributed by atoms with Gasteiger partial charge in [0.25, 0.3) is 0 Å². The first-order valence-electron chi connectivity index (χ1n) is 6.32. The lowest BCUT2D eigenvalue weighted by molar-refractivity contribution is 0.167.